The molecule has 30 heavy (non-hydrogen) atoms. The third-order valence-electron chi connectivity index (χ3n) is 4.90. The van der Waals surface area contributed by atoms with Crippen molar-refractivity contribution in [1.29, 1.82) is 0 Å². The Hall–Kier alpha value is -2.62. The molecule has 2 aromatic carbocycles. The van der Waals surface area contributed by atoms with Crippen LogP contribution in [0.2, 0.25) is 0 Å². The number of guanidine groups is 1. The van der Waals surface area contributed by atoms with Crippen LogP contribution in [0.5, 0.6) is 0 Å². The van der Waals surface area contributed by atoms with Gasteiger partial charge in [0.1, 0.15) is 0 Å². The molecule has 1 aliphatic heterocycles. The number of nitrogens with zero attached hydrogens (tertiary/aromatic N) is 2. The van der Waals surface area contributed by atoms with Gasteiger partial charge in [0.15, 0.2) is 5.96 Å². The van der Waals surface area contributed by atoms with E-state index >= 15 is 0 Å². The number of urea groups is 1. The van der Waals surface area contributed by atoms with Gasteiger partial charge in [0.2, 0.25) is 5.91 Å². The molecule has 3 amide bonds. The normalized spacial score (nSPS) is 14.7. The fourth-order valence-electron chi connectivity index (χ4n) is 3.34. The Morgan fingerprint density at radius 1 is 1.07 bits per heavy atom. The fraction of sp³-hybridized carbons (Fsp3) is 0.318. The number of imide groups is 1. The predicted molar refractivity (Wildman–Crippen MR) is 129 cm³/mol. The van der Waals surface area contributed by atoms with Gasteiger partial charge in [-0.25, -0.2) is 4.79 Å². The molecule has 0 bridgehead atoms. The molecule has 0 radical (unpaired) electrons. The average molecular weight is 521 g/mol. The van der Waals surface area contributed by atoms with Gasteiger partial charge in [0.25, 0.3) is 0 Å². The minimum absolute atomic E-state index is 0. The highest BCUT2D eigenvalue weighted by atomic mass is 127. The summed E-state index contributed by atoms with van der Waals surface area (Å²) < 4.78 is 0. The number of rotatable bonds is 8. The molecule has 1 unspecified atom stereocenters. The van der Waals surface area contributed by atoms with E-state index in [9.17, 15) is 9.59 Å². The second-order valence-corrected chi connectivity index (χ2v) is 6.88. The molecule has 0 aromatic heterocycles. The van der Waals surface area contributed by atoms with Gasteiger partial charge in [0.05, 0.1) is 6.54 Å². The van der Waals surface area contributed by atoms with Crippen LogP contribution in [-0.4, -0.2) is 56.0 Å². The Bertz CT molecular complexity index is 829. The number of hydrogen-bond donors (Lipinski definition) is 3. The number of amides is 3. The molecule has 0 aliphatic carbocycles. The minimum atomic E-state index is -0.341. The lowest BCUT2D eigenvalue weighted by Gasteiger charge is -2.21. The number of carbonyl (C=O) groups excluding carboxylic acids is 2. The second kappa shape index (κ2) is 12.2. The predicted octanol–water partition coefficient (Wildman–Crippen LogP) is 2.35. The summed E-state index contributed by atoms with van der Waals surface area (Å²) in [7, 11) is 1.71. The molecule has 1 atom stereocenters. The summed E-state index contributed by atoms with van der Waals surface area (Å²) in [5.74, 6) is 0.723. The van der Waals surface area contributed by atoms with Crippen molar-refractivity contribution in [3.05, 3.63) is 71.8 Å². The molecule has 1 aliphatic rings. The van der Waals surface area contributed by atoms with Crippen molar-refractivity contribution in [2.75, 3.05) is 33.2 Å². The van der Waals surface area contributed by atoms with Gasteiger partial charge in [-0.1, -0.05) is 60.7 Å². The van der Waals surface area contributed by atoms with Crippen LogP contribution in [0.25, 0.3) is 0 Å². The van der Waals surface area contributed by atoms with Crippen molar-refractivity contribution in [1.82, 2.24) is 20.9 Å². The maximum absolute atomic E-state index is 11.6. The van der Waals surface area contributed by atoms with Gasteiger partial charge in [-0.15, -0.1) is 24.0 Å². The first-order valence-corrected chi connectivity index (χ1v) is 9.79. The number of halogens is 1. The van der Waals surface area contributed by atoms with Crippen LogP contribution in [0.1, 0.15) is 17.0 Å². The molecule has 1 fully saturated rings. The number of aliphatic imine (C=N–C) groups is 1. The molecule has 3 N–H and O–H groups in total. The summed E-state index contributed by atoms with van der Waals surface area (Å²) in [4.78, 5) is 28.7. The maximum Gasteiger partial charge on any atom is 0.324 e. The Kier molecular flexibility index (Phi) is 9.59. The largest absolute Gasteiger partial charge is 0.356 e. The fourth-order valence-corrected chi connectivity index (χ4v) is 3.34. The maximum atomic E-state index is 11.6. The minimum Gasteiger partial charge on any atom is -0.356 e. The lowest BCUT2D eigenvalue weighted by Crippen LogP contribution is -2.44. The molecule has 0 saturated carbocycles. The highest BCUT2D eigenvalue weighted by Crippen LogP contribution is 2.20. The van der Waals surface area contributed by atoms with Crippen molar-refractivity contribution in [2.24, 2.45) is 4.99 Å². The van der Waals surface area contributed by atoms with Crippen molar-refractivity contribution in [2.45, 2.75) is 12.3 Å². The van der Waals surface area contributed by atoms with E-state index in [0.717, 1.165) is 6.42 Å². The van der Waals surface area contributed by atoms with E-state index in [1.165, 1.54) is 16.0 Å². The zero-order valence-electron chi connectivity index (χ0n) is 17.0. The topological polar surface area (TPSA) is 85.8 Å². The average Bonchev–Trinajstić information content (AvgIpc) is 3.08. The van der Waals surface area contributed by atoms with Crippen molar-refractivity contribution in [3.8, 4) is 0 Å². The standard InChI is InChI=1S/C22H27N5O2.HI/c1-23-21(24-12-13-27-20(28)16-26-22(27)29)25-15-19(18-10-6-3-7-11-18)14-17-8-4-2-5-9-17;/h2-11,19H,12-16H2,1H3,(H,26,29)(H2,23,24,25);1H. The Balaban J connectivity index is 0.00000320. The summed E-state index contributed by atoms with van der Waals surface area (Å²) in [6.45, 7) is 1.52. The molecule has 0 spiro atoms. The Morgan fingerprint density at radius 2 is 1.73 bits per heavy atom. The molecule has 160 valence electrons. The lowest BCUT2D eigenvalue weighted by molar-refractivity contribution is -0.124. The van der Waals surface area contributed by atoms with Gasteiger partial charge < -0.3 is 16.0 Å². The molecule has 8 heteroatoms. The molecule has 1 heterocycles. The van der Waals surface area contributed by atoms with Gasteiger partial charge in [-0.2, -0.15) is 0 Å². The van der Waals surface area contributed by atoms with Crippen molar-refractivity contribution in [3.63, 3.8) is 0 Å². The first-order valence-electron chi connectivity index (χ1n) is 9.79. The van der Waals surface area contributed by atoms with Gasteiger partial charge >= 0.3 is 6.03 Å². The zero-order chi connectivity index (χ0) is 20.5. The molecule has 7 nitrogen and oxygen atoms in total. The summed E-state index contributed by atoms with van der Waals surface area (Å²) in [5.41, 5.74) is 2.54. The van der Waals surface area contributed by atoms with Gasteiger partial charge in [0, 0.05) is 32.6 Å². The van der Waals surface area contributed by atoms with Crippen LogP contribution in [0.4, 0.5) is 4.79 Å². The summed E-state index contributed by atoms with van der Waals surface area (Å²) in [6, 6.07) is 20.5. The van der Waals surface area contributed by atoms with Crippen LogP contribution in [0, 0.1) is 0 Å². The van der Waals surface area contributed by atoms with Crippen molar-refractivity contribution < 1.29 is 9.59 Å². The summed E-state index contributed by atoms with van der Waals surface area (Å²) in [6.07, 6.45) is 0.914. The van der Waals surface area contributed by atoms with Crippen LogP contribution in [-0.2, 0) is 11.2 Å². The molecular weight excluding hydrogens is 493 g/mol. The SMILES string of the molecule is CN=C(NCCN1C(=O)CNC1=O)NCC(Cc1ccccc1)c1ccccc1.I. The number of hydrogen-bond acceptors (Lipinski definition) is 3. The number of nitrogens with one attached hydrogen (secondary N) is 3. The van der Waals surface area contributed by atoms with Crippen LogP contribution in [0.3, 0.4) is 0 Å². The molecule has 2 aromatic rings. The molecule has 1 saturated heterocycles. The van der Waals surface area contributed by atoms with Crippen LogP contribution in [0.15, 0.2) is 65.7 Å². The van der Waals surface area contributed by atoms with Gasteiger partial charge in [-0.05, 0) is 17.5 Å². The van der Waals surface area contributed by atoms with Gasteiger partial charge in [-0.3, -0.25) is 14.7 Å². The third kappa shape index (κ3) is 6.72. The van der Waals surface area contributed by atoms with E-state index in [1.54, 1.807) is 7.05 Å². The van der Waals surface area contributed by atoms with E-state index in [-0.39, 0.29) is 48.4 Å². The lowest BCUT2D eigenvalue weighted by atomic mass is 9.92. The van der Waals surface area contributed by atoms with Crippen LogP contribution >= 0.6 is 24.0 Å². The van der Waals surface area contributed by atoms with E-state index in [0.29, 0.717) is 25.6 Å². The highest BCUT2D eigenvalue weighted by Gasteiger charge is 2.27. The molecule has 3 rings (SSSR count). The van der Waals surface area contributed by atoms with Crippen molar-refractivity contribution >= 4 is 41.9 Å². The monoisotopic (exact) mass is 521 g/mol. The quantitative estimate of drug-likeness (QED) is 0.216. The molecular formula is C22H28IN5O2. The summed E-state index contributed by atoms with van der Waals surface area (Å²) >= 11 is 0. The highest BCUT2D eigenvalue weighted by molar-refractivity contribution is 14.0. The van der Waals surface area contributed by atoms with E-state index in [2.05, 4.69) is 69.5 Å². The third-order valence-corrected chi connectivity index (χ3v) is 4.90. The summed E-state index contributed by atoms with van der Waals surface area (Å²) in [5, 5.41) is 9.06. The number of benzene rings is 2. The Labute approximate surface area is 194 Å². The first kappa shape index (κ1) is 23.7. The number of carbonyl (C=O) groups is 2. The van der Waals surface area contributed by atoms with E-state index in [4.69, 9.17) is 0 Å². The zero-order valence-corrected chi connectivity index (χ0v) is 19.3. The first-order chi connectivity index (χ1) is 14.2. The van der Waals surface area contributed by atoms with Crippen LogP contribution < -0.4 is 16.0 Å². The Morgan fingerprint density at radius 3 is 2.33 bits per heavy atom. The van der Waals surface area contributed by atoms with E-state index in [1.807, 2.05) is 12.1 Å². The second-order valence-electron chi connectivity index (χ2n) is 6.88. The van der Waals surface area contributed by atoms with E-state index < -0.39 is 0 Å². The smallest absolute Gasteiger partial charge is 0.324 e.